The van der Waals surface area contributed by atoms with E-state index in [4.69, 9.17) is 6.42 Å². The smallest absolute Gasteiger partial charge is 0.333 e. The molecular weight excluding hydrogens is 557 g/mol. The molecule has 6 rings (SSSR count). The van der Waals surface area contributed by atoms with Crippen molar-refractivity contribution < 1.29 is 18.8 Å². The third-order valence-corrected chi connectivity index (χ3v) is 8.22. The lowest BCUT2D eigenvalue weighted by Gasteiger charge is -2.46. The maximum atomic E-state index is 14.1. The zero-order valence-electron chi connectivity index (χ0n) is 24.1. The second-order valence-corrected chi connectivity index (χ2v) is 11.0. The molecule has 0 aliphatic carbocycles. The number of piperazine rings is 1. The second kappa shape index (κ2) is 12.6. The van der Waals surface area contributed by atoms with Crippen LogP contribution in [0.1, 0.15) is 16.7 Å². The summed E-state index contributed by atoms with van der Waals surface area (Å²) in [7, 11) is 0. The topological polar surface area (TPSA) is 76.2 Å². The van der Waals surface area contributed by atoms with Gasteiger partial charge in [-0.3, -0.25) is 9.59 Å². The van der Waals surface area contributed by atoms with Gasteiger partial charge in [0, 0.05) is 19.5 Å². The third kappa shape index (κ3) is 5.85. The van der Waals surface area contributed by atoms with Gasteiger partial charge in [0.15, 0.2) is 0 Å². The standard InChI is InChI=1S/C35H32FN5O3/c1-2-19-39(35(44)37-21-26-15-17-29(36)18-16-26)40-24-33(42)41-31(20-25-9-4-3-5-10-25)34(43)38(23-32(40)41)22-28-13-8-12-27-11-6-7-14-30(27)28/h1,3-18,31-32H,19-24H2,(H,37,44)/t31-,32+/m0/s1. The fraction of sp³-hybridized carbons (Fsp3) is 0.229. The Morgan fingerprint density at radius 2 is 1.66 bits per heavy atom. The molecule has 4 amide bonds. The van der Waals surface area contributed by atoms with Gasteiger partial charge in [0.25, 0.3) is 0 Å². The highest BCUT2D eigenvalue weighted by Crippen LogP contribution is 2.31. The van der Waals surface area contributed by atoms with E-state index < -0.39 is 18.2 Å². The van der Waals surface area contributed by atoms with Gasteiger partial charge in [0.1, 0.15) is 18.0 Å². The van der Waals surface area contributed by atoms with Crippen LogP contribution in [0.2, 0.25) is 0 Å². The predicted octanol–water partition coefficient (Wildman–Crippen LogP) is 4.16. The van der Waals surface area contributed by atoms with Crippen molar-refractivity contribution in [2.45, 2.75) is 31.7 Å². The fourth-order valence-corrected chi connectivity index (χ4v) is 6.10. The molecule has 1 N–H and O–H groups in total. The number of hydrazine groups is 1. The van der Waals surface area contributed by atoms with Crippen LogP contribution in [-0.4, -0.2) is 69.5 Å². The third-order valence-electron chi connectivity index (χ3n) is 8.22. The fourth-order valence-electron chi connectivity index (χ4n) is 6.10. The van der Waals surface area contributed by atoms with Crippen molar-refractivity contribution in [3.8, 4) is 12.3 Å². The van der Waals surface area contributed by atoms with Crippen molar-refractivity contribution in [2.24, 2.45) is 0 Å². The van der Waals surface area contributed by atoms with Crippen LogP contribution in [0.15, 0.2) is 97.1 Å². The first kappa shape index (κ1) is 28.9. The van der Waals surface area contributed by atoms with Gasteiger partial charge in [-0.2, -0.15) is 5.01 Å². The monoisotopic (exact) mass is 589 g/mol. The highest BCUT2D eigenvalue weighted by molar-refractivity contribution is 5.92. The Morgan fingerprint density at radius 1 is 0.932 bits per heavy atom. The normalized spacial score (nSPS) is 18.3. The summed E-state index contributed by atoms with van der Waals surface area (Å²) in [4.78, 5) is 44.6. The van der Waals surface area contributed by atoms with Crippen LogP contribution < -0.4 is 5.32 Å². The van der Waals surface area contributed by atoms with Gasteiger partial charge in [-0.1, -0.05) is 90.8 Å². The highest BCUT2D eigenvalue weighted by atomic mass is 19.1. The second-order valence-electron chi connectivity index (χ2n) is 11.0. The van der Waals surface area contributed by atoms with Crippen LogP contribution >= 0.6 is 0 Å². The molecule has 4 aromatic rings. The molecule has 0 bridgehead atoms. The lowest BCUT2D eigenvalue weighted by atomic mass is 9.99. The average Bonchev–Trinajstić information content (AvgIpc) is 3.37. The number of fused-ring (bicyclic) bond motifs is 2. The van der Waals surface area contributed by atoms with Crippen LogP contribution in [0.5, 0.6) is 0 Å². The number of nitrogens with zero attached hydrogens (tertiary/aromatic N) is 4. The van der Waals surface area contributed by atoms with Crippen molar-refractivity contribution in [1.82, 2.24) is 25.1 Å². The van der Waals surface area contributed by atoms with E-state index in [2.05, 4.69) is 11.2 Å². The van der Waals surface area contributed by atoms with Crippen molar-refractivity contribution in [1.29, 1.82) is 0 Å². The molecule has 222 valence electrons. The molecule has 0 spiro atoms. The summed E-state index contributed by atoms with van der Waals surface area (Å²) in [6.45, 7) is 0.526. The van der Waals surface area contributed by atoms with E-state index in [0.29, 0.717) is 18.5 Å². The van der Waals surface area contributed by atoms with Crippen LogP contribution in [0.25, 0.3) is 10.8 Å². The van der Waals surface area contributed by atoms with E-state index in [1.54, 1.807) is 26.9 Å². The maximum absolute atomic E-state index is 14.1. The molecule has 2 saturated heterocycles. The first-order valence-electron chi connectivity index (χ1n) is 14.5. The molecule has 2 aliphatic heterocycles. The minimum Gasteiger partial charge on any atom is -0.333 e. The highest BCUT2D eigenvalue weighted by Gasteiger charge is 2.52. The summed E-state index contributed by atoms with van der Waals surface area (Å²) < 4.78 is 13.4. The van der Waals surface area contributed by atoms with Gasteiger partial charge in [-0.15, -0.1) is 6.42 Å². The number of carbonyl (C=O) groups excluding carboxylic acids is 3. The molecule has 2 atom stereocenters. The number of hydrogen-bond donors (Lipinski definition) is 1. The number of amides is 4. The summed E-state index contributed by atoms with van der Waals surface area (Å²) >= 11 is 0. The van der Waals surface area contributed by atoms with Crippen LogP contribution in [-0.2, 0) is 29.1 Å². The number of hydrogen-bond acceptors (Lipinski definition) is 4. The van der Waals surface area contributed by atoms with Crippen LogP contribution in [0.4, 0.5) is 9.18 Å². The molecule has 2 heterocycles. The molecule has 2 aliphatic rings. The van der Waals surface area contributed by atoms with Crippen molar-refractivity contribution in [2.75, 3.05) is 19.6 Å². The molecule has 0 saturated carbocycles. The van der Waals surface area contributed by atoms with Gasteiger partial charge in [0.2, 0.25) is 11.8 Å². The van der Waals surface area contributed by atoms with Crippen LogP contribution in [0, 0.1) is 18.2 Å². The van der Waals surface area contributed by atoms with Gasteiger partial charge < -0.3 is 15.1 Å². The maximum Gasteiger partial charge on any atom is 0.333 e. The quantitative estimate of drug-likeness (QED) is 0.313. The van der Waals surface area contributed by atoms with E-state index in [9.17, 15) is 18.8 Å². The molecular formula is C35H32FN5O3. The first-order valence-corrected chi connectivity index (χ1v) is 14.5. The SMILES string of the molecule is C#CCN(C(=O)NCc1ccc(F)cc1)N1CC(=O)N2[C@@H](Cc3ccccc3)C(=O)N(Cc3cccc4ccccc34)C[C@@H]21. The van der Waals surface area contributed by atoms with Crippen LogP contribution in [0.3, 0.4) is 0 Å². The molecule has 0 unspecified atom stereocenters. The molecule has 8 nitrogen and oxygen atoms in total. The molecule has 2 fully saturated rings. The van der Waals surface area contributed by atoms with E-state index in [1.165, 1.54) is 17.1 Å². The van der Waals surface area contributed by atoms with E-state index in [0.717, 1.165) is 21.9 Å². The Bertz CT molecular complexity index is 1720. The summed E-state index contributed by atoms with van der Waals surface area (Å²) in [6.07, 6.45) is 5.43. The molecule has 0 aromatic heterocycles. The van der Waals surface area contributed by atoms with E-state index in [-0.39, 0.29) is 43.8 Å². The van der Waals surface area contributed by atoms with Crippen molar-refractivity contribution in [3.05, 3.63) is 120 Å². The van der Waals surface area contributed by atoms with Gasteiger partial charge in [-0.05, 0) is 39.6 Å². The number of carbonyl (C=O) groups is 3. The van der Waals surface area contributed by atoms with Crippen molar-refractivity contribution >= 4 is 28.6 Å². The molecule has 0 radical (unpaired) electrons. The molecule has 9 heteroatoms. The van der Waals surface area contributed by atoms with E-state index in [1.807, 2.05) is 72.8 Å². The lowest BCUT2D eigenvalue weighted by Crippen LogP contribution is -2.66. The molecule has 44 heavy (non-hydrogen) atoms. The van der Waals surface area contributed by atoms with Crippen molar-refractivity contribution in [3.63, 3.8) is 0 Å². The summed E-state index contributed by atoms with van der Waals surface area (Å²) in [5.74, 6) is 1.78. The van der Waals surface area contributed by atoms with E-state index >= 15 is 0 Å². The average molecular weight is 590 g/mol. The Morgan fingerprint density at radius 3 is 2.43 bits per heavy atom. The number of halogens is 1. The Balaban J connectivity index is 1.31. The number of urea groups is 1. The van der Waals surface area contributed by atoms with Gasteiger partial charge in [0.05, 0.1) is 19.6 Å². The number of nitrogens with one attached hydrogen (secondary N) is 1. The summed E-state index contributed by atoms with van der Waals surface area (Å²) in [5, 5.41) is 8.00. The number of terminal acetylenes is 1. The van der Waals surface area contributed by atoms with Gasteiger partial charge in [-0.25, -0.2) is 14.2 Å². The summed E-state index contributed by atoms with van der Waals surface area (Å²) in [6, 6.07) is 28.3. The summed E-state index contributed by atoms with van der Waals surface area (Å²) in [5.41, 5.74) is 2.64. The zero-order valence-corrected chi connectivity index (χ0v) is 24.1. The Labute approximate surface area is 255 Å². The Hall–Kier alpha value is -5.20. The predicted molar refractivity (Wildman–Crippen MR) is 165 cm³/mol. The number of rotatable bonds is 8. The minimum absolute atomic E-state index is 0.0759. The largest absolute Gasteiger partial charge is 0.333 e. The van der Waals surface area contributed by atoms with Gasteiger partial charge >= 0.3 is 6.03 Å². The molecule has 4 aromatic carbocycles. The number of benzene rings is 4. The first-order chi connectivity index (χ1) is 21.4. The Kier molecular flexibility index (Phi) is 8.26. The lowest BCUT2D eigenvalue weighted by molar-refractivity contribution is -0.157. The minimum atomic E-state index is -0.751. The zero-order chi connectivity index (χ0) is 30.6.